The lowest BCUT2D eigenvalue weighted by Crippen LogP contribution is -2.37. The molecule has 1 saturated heterocycles. The number of rotatable bonds is 6. The van der Waals surface area contributed by atoms with Crippen molar-refractivity contribution in [3.05, 3.63) is 0 Å². The molecule has 1 rings (SSSR count). The van der Waals surface area contributed by atoms with E-state index in [1.165, 1.54) is 0 Å². The number of carboxylic acid groups (broad SMARTS) is 1. The fourth-order valence-corrected chi connectivity index (χ4v) is 1.87. The molecule has 0 aromatic rings. The van der Waals surface area contributed by atoms with Gasteiger partial charge in [-0.25, -0.2) is 0 Å². The number of hydrogen-bond donors (Lipinski definition) is 2. The quantitative estimate of drug-likeness (QED) is 0.683. The molecule has 1 aliphatic rings. The number of hydrogen-bond acceptors (Lipinski definition) is 3. The highest BCUT2D eigenvalue weighted by Gasteiger charge is 2.30. The SMILES string of the molecule is CC(CCCNC(=O)C1OCCC1C)C(=O)O. The molecule has 1 aliphatic heterocycles. The lowest BCUT2D eigenvalue weighted by Gasteiger charge is -2.14. The second kappa shape index (κ2) is 6.59. The van der Waals surface area contributed by atoms with Crippen LogP contribution in [0.1, 0.15) is 33.1 Å². The molecule has 5 heteroatoms. The Morgan fingerprint density at radius 2 is 2.24 bits per heavy atom. The Balaban J connectivity index is 2.14. The fourth-order valence-electron chi connectivity index (χ4n) is 1.87. The summed E-state index contributed by atoms with van der Waals surface area (Å²) in [6.07, 6.45) is 1.86. The molecule has 0 bridgehead atoms. The summed E-state index contributed by atoms with van der Waals surface area (Å²) in [7, 11) is 0. The third-order valence-corrected chi connectivity index (χ3v) is 3.18. The molecule has 1 heterocycles. The molecule has 1 fully saturated rings. The highest BCUT2D eigenvalue weighted by molar-refractivity contribution is 5.81. The third-order valence-electron chi connectivity index (χ3n) is 3.18. The molecule has 5 nitrogen and oxygen atoms in total. The minimum atomic E-state index is -0.788. The van der Waals surface area contributed by atoms with Crippen molar-refractivity contribution in [1.82, 2.24) is 5.32 Å². The van der Waals surface area contributed by atoms with Gasteiger partial charge in [-0.2, -0.15) is 0 Å². The van der Waals surface area contributed by atoms with Crippen LogP contribution >= 0.6 is 0 Å². The van der Waals surface area contributed by atoms with Crippen LogP contribution in [-0.4, -0.2) is 36.2 Å². The highest BCUT2D eigenvalue weighted by Crippen LogP contribution is 2.19. The van der Waals surface area contributed by atoms with Crippen LogP contribution in [-0.2, 0) is 14.3 Å². The van der Waals surface area contributed by atoms with E-state index in [0.29, 0.717) is 26.0 Å². The van der Waals surface area contributed by atoms with Crippen molar-refractivity contribution in [1.29, 1.82) is 0 Å². The van der Waals surface area contributed by atoms with Crippen molar-refractivity contribution in [2.45, 2.75) is 39.2 Å². The lowest BCUT2D eigenvalue weighted by atomic mass is 10.0. The first kappa shape index (κ1) is 14.0. The van der Waals surface area contributed by atoms with Crippen LogP contribution in [0.25, 0.3) is 0 Å². The maximum atomic E-state index is 11.7. The van der Waals surface area contributed by atoms with E-state index in [0.717, 1.165) is 6.42 Å². The Bertz CT molecular complexity index is 280. The molecule has 3 atom stereocenters. The fraction of sp³-hybridized carbons (Fsp3) is 0.833. The molecular formula is C12H21NO4. The van der Waals surface area contributed by atoms with Crippen molar-refractivity contribution in [3.63, 3.8) is 0 Å². The molecule has 0 saturated carbocycles. The summed E-state index contributed by atoms with van der Waals surface area (Å²) in [6, 6.07) is 0. The zero-order chi connectivity index (χ0) is 12.8. The molecule has 0 spiro atoms. The normalized spacial score (nSPS) is 25.5. The van der Waals surface area contributed by atoms with Crippen molar-refractivity contribution in [2.75, 3.05) is 13.2 Å². The monoisotopic (exact) mass is 243 g/mol. The molecular weight excluding hydrogens is 222 g/mol. The first-order valence-corrected chi connectivity index (χ1v) is 6.14. The number of carboxylic acids is 1. The standard InChI is InChI=1S/C12H21NO4/c1-8-5-7-17-10(8)11(14)13-6-3-4-9(2)12(15)16/h8-10H,3-7H2,1-2H3,(H,13,14)(H,15,16). The molecule has 0 aromatic heterocycles. The topological polar surface area (TPSA) is 75.6 Å². The summed E-state index contributed by atoms with van der Waals surface area (Å²) in [5, 5.41) is 11.5. The number of carbonyl (C=O) groups is 2. The minimum Gasteiger partial charge on any atom is -0.481 e. The van der Waals surface area contributed by atoms with Crippen LogP contribution in [0.15, 0.2) is 0 Å². The van der Waals surface area contributed by atoms with Crippen molar-refractivity contribution >= 4 is 11.9 Å². The van der Waals surface area contributed by atoms with Gasteiger partial charge >= 0.3 is 5.97 Å². The van der Waals surface area contributed by atoms with Crippen LogP contribution in [0, 0.1) is 11.8 Å². The van der Waals surface area contributed by atoms with Crippen LogP contribution in [0.2, 0.25) is 0 Å². The molecule has 0 radical (unpaired) electrons. The average Bonchev–Trinajstić information content (AvgIpc) is 2.70. The molecule has 0 aromatic carbocycles. The molecule has 2 N–H and O–H groups in total. The summed E-state index contributed by atoms with van der Waals surface area (Å²) >= 11 is 0. The maximum Gasteiger partial charge on any atom is 0.306 e. The van der Waals surface area contributed by atoms with E-state index in [4.69, 9.17) is 9.84 Å². The minimum absolute atomic E-state index is 0.0713. The van der Waals surface area contributed by atoms with Gasteiger partial charge < -0.3 is 15.2 Å². The molecule has 17 heavy (non-hydrogen) atoms. The van der Waals surface area contributed by atoms with E-state index < -0.39 is 5.97 Å². The second-order valence-electron chi connectivity index (χ2n) is 4.73. The maximum absolute atomic E-state index is 11.7. The number of nitrogens with one attached hydrogen (secondary N) is 1. The van der Waals surface area contributed by atoms with E-state index >= 15 is 0 Å². The lowest BCUT2D eigenvalue weighted by molar-refractivity contribution is -0.141. The van der Waals surface area contributed by atoms with E-state index in [-0.39, 0.29) is 23.8 Å². The van der Waals surface area contributed by atoms with E-state index in [2.05, 4.69) is 5.32 Å². The van der Waals surface area contributed by atoms with Crippen molar-refractivity contribution in [2.24, 2.45) is 11.8 Å². The summed E-state index contributed by atoms with van der Waals surface area (Å²) in [6.45, 7) is 4.84. The number of amides is 1. The third kappa shape index (κ3) is 4.34. The number of aliphatic carboxylic acids is 1. The van der Waals surface area contributed by atoms with Gasteiger partial charge in [0, 0.05) is 13.2 Å². The van der Waals surface area contributed by atoms with Gasteiger partial charge in [-0.05, 0) is 25.2 Å². The van der Waals surface area contributed by atoms with Gasteiger partial charge in [0.2, 0.25) is 5.91 Å². The van der Waals surface area contributed by atoms with Gasteiger partial charge in [0.15, 0.2) is 0 Å². The Kier molecular flexibility index (Phi) is 5.41. The largest absolute Gasteiger partial charge is 0.481 e. The van der Waals surface area contributed by atoms with E-state index in [1.54, 1.807) is 6.92 Å². The zero-order valence-electron chi connectivity index (χ0n) is 10.4. The Labute approximate surface area is 102 Å². The van der Waals surface area contributed by atoms with Crippen LogP contribution in [0.5, 0.6) is 0 Å². The molecule has 0 aliphatic carbocycles. The predicted octanol–water partition coefficient (Wildman–Crippen LogP) is 1.03. The molecule has 1 amide bonds. The number of ether oxygens (including phenoxy) is 1. The second-order valence-corrected chi connectivity index (χ2v) is 4.73. The van der Waals surface area contributed by atoms with Gasteiger partial charge in [-0.1, -0.05) is 13.8 Å². The van der Waals surface area contributed by atoms with Gasteiger partial charge in [0.1, 0.15) is 6.10 Å². The summed E-state index contributed by atoms with van der Waals surface area (Å²) < 4.78 is 5.34. The van der Waals surface area contributed by atoms with Crippen molar-refractivity contribution in [3.8, 4) is 0 Å². The smallest absolute Gasteiger partial charge is 0.306 e. The van der Waals surface area contributed by atoms with Gasteiger partial charge in [-0.15, -0.1) is 0 Å². The molecule has 3 unspecified atom stereocenters. The summed E-state index contributed by atoms with van der Waals surface area (Å²) in [4.78, 5) is 22.3. The summed E-state index contributed by atoms with van der Waals surface area (Å²) in [5.74, 6) is -0.941. The Hall–Kier alpha value is -1.10. The van der Waals surface area contributed by atoms with Crippen LogP contribution in [0.4, 0.5) is 0 Å². The Morgan fingerprint density at radius 1 is 1.53 bits per heavy atom. The van der Waals surface area contributed by atoms with Crippen LogP contribution in [0.3, 0.4) is 0 Å². The average molecular weight is 243 g/mol. The Morgan fingerprint density at radius 3 is 2.76 bits per heavy atom. The zero-order valence-corrected chi connectivity index (χ0v) is 10.4. The van der Waals surface area contributed by atoms with E-state index in [1.807, 2.05) is 6.92 Å². The van der Waals surface area contributed by atoms with Gasteiger partial charge in [0.05, 0.1) is 5.92 Å². The van der Waals surface area contributed by atoms with Gasteiger partial charge in [-0.3, -0.25) is 9.59 Å². The highest BCUT2D eigenvalue weighted by atomic mass is 16.5. The first-order chi connectivity index (χ1) is 8.02. The van der Waals surface area contributed by atoms with Gasteiger partial charge in [0.25, 0.3) is 0 Å². The number of carbonyl (C=O) groups excluding carboxylic acids is 1. The van der Waals surface area contributed by atoms with Crippen LogP contribution < -0.4 is 5.32 Å². The first-order valence-electron chi connectivity index (χ1n) is 6.14. The van der Waals surface area contributed by atoms with Crippen molar-refractivity contribution < 1.29 is 19.4 Å². The summed E-state index contributed by atoms with van der Waals surface area (Å²) in [5.41, 5.74) is 0. The predicted molar refractivity (Wildman–Crippen MR) is 62.6 cm³/mol. The van der Waals surface area contributed by atoms with E-state index in [9.17, 15) is 9.59 Å². The molecule has 98 valence electrons.